The number of nitrogens with zero attached hydrogens (tertiary/aromatic N) is 2. The van der Waals surface area contributed by atoms with Gasteiger partial charge in [-0.3, -0.25) is 4.79 Å². The molecule has 0 saturated carbocycles. The van der Waals surface area contributed by atoms with Crippen LogP contribution in [-0.4, -0.2) is 10.6 Å². The first-order valence-corrected chi connectivity index (χ1v) is 7.18. The number of rotatable bonds is 4. The number of benzene rings is 3. The van der Waals surface area contributed by atoms with Crippen molar-refractivity contribution in [3.8, 4) is 0 Å². The highest BCUT2D eigenvalue weighted by atomic mass is 16.5. The molecule has 0 radical (unpaired) electrons. The molecule has 0 N–H and O–H groups in total. The van der Waals surface area contributed by atoms with Gasteiger partial charge in [-0.25, -0.2) is 0 Å². The molecule has 0 aliphatic carbocycles. The third-order valence-corrected chi connectivity index (χ3v) is 3.36. The van der Waals surface area contributed by atoms with Crippen molar-refractivity contribution in [2.45, 2.75) is 0 Å². The topological polar surface area (TPSA) is 55.5 Å². The van der Waals surface area contributed by atoms with Gasteiger partial charge in [0.1, 0.15) is 5.69 Å². The average Bonchev–Trinajstić information content (AvgIpc) is 2.63. The zero-order valence-corrected chi connectivity index (χ0v) is 12.3. The zero-order valence-electron chi connectivity index (χ0n) is 12.3. The van der Waals surface area contributed by atoms with E-state index in [9.17, 15) is 10.0 Å². The summed E-state index contributed by atoms with van der Waals surface area (Å²) in [4.78, 5) is 13.1. The van der Waals surface area contributed by atoms with Gasteiger partial charge in [0.2, 0.25) is 5.69 Å². The molecule has 3 rings (SSSR count). The summed E-state index contributed by atoms with van der Waals surface area (Å²) in [5.41, 5.74) is 1.72. The molecule has 3 aromatic carbocycles. The SMILES string of the molecule is O=C(c1ccccc1)c1ccccc1N=[N+]([O-])c1ccccc1. The molecule has 0 aromatic heterocycles. The minimum Gasteiger partial charge on any atom is -0.594 e. The number of ketones is 1. The van der Waals surface area contributed by atoms with Crippen LogP contribution in [0, 0.1) is 5.21 Å². The van der Waals surface area contributed by atoms with Gasteiger partial charge in [-0.05, 0) is 12.1 Å². The normalized spacial score (nSPS) is 11.2. The Morgan fingerprint density at radius 1 is 0.783 bits per heavy atom. The zero-order chi connectivity index (χ0) is 16.1. The lowest BCUT2D eigenvalue weighted by Gasteiger charge is -2.04. The molecule has 0 bridgehead atoms. The molecule has 0 aliphatic rings. The van der Waals surface area contributed by atoms with Crippen LogP contribution in [0.5, 0.6) is 0 Å². The van der Waals surface area contributed by atoms with Crippen LogP contribution in [0.2, 0.25) is 0 Å². The van der Waals surface area contributed by atoms with Crippen LogP contribution in [-0.2, 0) is 0 Å². The van der Waals surface area contributed by atoms with Crippen molar-refractivity contribution < 1.29 is 9.66 Å². The molecule has 4 heteroatoms. The van der Waals surface area contributed by atoms with E-state index in [1.165, 1.54) is 0 Å². The summed E-state index contributed by atoms with van der Waals surface area (Å²) in [6.07, 6.45) is 0. The molecule has 4 nitrogen and oxygen atoms in total. The second kappa shape index (κ2) is 6.66. The van der Waals surface area contributed by atoms with E-state index in [0.717, 1.165) is 0 Å². The summed E-state index contributed by atoms with van der Waals surface area (Å²) >= 11 is 0. The van der Waals surface area contributed by atoms with E-state index in [-0.39, 0.29) is 5.78 Å². The van der Waals surface area contributed by atoms with Gasteiger partial charge in [-0.15, -0.1) is 0 Å². The van der Waals surface area contributed by atoms with Gasteiger partial charge in [0.05, 0.1) is 5.56 Å². The summed E-state index contributed by atoms with van der Waals surface area (Å²) in [6.45, 7) is 0. The molecule has 0 atom stereocenters. The lowest BCUT2D eigenvalue weighted by Crippen LogP contribution is -2.02. The highest BCUT2D eigenvalue weighted by Crippen LogP contribution is 2.24. The molecule has 0 heterocycles. The first-order chi connectivity index (χ1) is 11.3. The standard InChI is InChI=1S/C19H14N2O2/c22-19(15-9-3-1-4-10-15)17-13-7-8-14-18(17)20-21(23)16-11-5-2-6-12-16/h1-14H. The monoisotopic (exact) mass is 302 g/mol. The Labute approximate surface area is 133 Å². The fraction of sp³-hybridized carbons (Fsp3) is 0. The molecule has 3 aromatic rings. The van der Waals surface area contributed by atoms with E-state index >= 15 is 0 Å². The van der Waals surface area contributed by atoms with Crippen molar-refractivity contribution in [1.29, 1.82) is 0 Å². The van der Waals surface area contributed by atoms with Crippen LogP contribution in [0.25, 0.3) is 0 Å². The van der Waals surface area contributed by atoms with Crippen molar-refractivity contribution >= 4 is 17.2 Å². The van der Waals surface area contributed by atoms with E-state index in [4.69, 9.17) is 0 Å². The summed E-state index contributed by atoms with van der Waals surface area (Å²) in [7, 11) is 0. The van der Waals surface area contributed by atoms with Gasteiger partial charge in [0, 0.05) is 22.8 Å². The maximum Gasteiger partial charge on any atom is 0.244 e. The van der Waals surface area contributed by atoms with Crippen molar-refractivity contribution in [2.24, 2.45) is 5.11 Å². The Balaban J connectivity index is 2.00. The number of carbonyl (C=O) groups is 1. The molecular weight excluding hydrogens is 288 g/mol. The van der Waals surface area contributed by atoms with E-state index in [2.05, 4.69) is 5.11 Å². The van der Waals surface area contributed by atoms with Crippen molar-refractivity contribution in [2.75, 3.05) is 0 Å². The van der Waals surface area contributed by atoms with Crippen LogP contribution in [0.1, 0.15) is 15.9 Å². The first-order valence-electron chi connectivity index (χ1n) is 7.18. The molecule has 112 valence electrons. The summed E-state index contributed by atoms with van der Waals surface area (Å²) in [5, 5.41) is 16.2. The lowest BCUT2D eigenvalue weighted by molar-refractivity contribution is -0.435. The third kappa shape index (κ3) is 3.32. The second-order valence-electron chi connectivity index (χ2n) is 4.92. The van der Waals surface area contributed by atoms with Crippen LogP contribution in [0.15, 0.2) is 90.0 Å². The Hall–Kier alpha value is -3.27. The highest BCUT2D eigenvalue weighted by molar-refractivity contribution is 6.11. The van der Waals surface area contributed by atoms with Crippen molar-refractivity contribution in [1.82, 2.24) is 0 Å². The van der Waals surface area contributed by atoms with Gasteiger partial charge < -0.3 is 5.21 Å². The van der Waals surface area contributed by atoms with Gasteiger partial charge in [-0.1, -0.05) is 65.5 Å². The van der Waals surface area contributed by atoms with E-state index < -0.39 is 0 Å². The predicted octanol–water partition coefficient (Wildman–Crippen LogP) is 4.84. The van der Waals surface area contributed by atoms with E-state index in [0.29, 0.717) is 27.4 Å². The molecule has 0 fully saturated rings. The van der Waals surface area contributed by atoms with Crippen molar-refractivity contribution in [3.63, 3.8) is 0 Å². The Morgan fingerprint density at radius 3 is 2.04 bits per heavy atom. The minimum atomic E-state index is -0.161. The first kappa shape index (κ1) is 14.7. The summed E-state index contributed by atoms with van der Waals surface area (Å²) in [6, 6.07) is 24.4. The number of hydrogen-bond donors (Lipinski definition) is 0. The van der Waals surface area contributed by atoms with Crippen molar-refractivity contribution in [3.05, 3.63) is 101 Å². The quantitative estimate of drug-likeness (QED) is 0.299. The number of hydrogen-bond acceptors (Lipinski definition) is 3. The highest BCUT2D eigenvalue weighted by Gasteiger charge is 2.15. The van der Waals surface area contributed by atoms with Crippen LogP contribution >= 0.6 is 0 Å². The summed E-state index contributed by atoms with van der Waals surface area (Å²) in [5.74, 6) is -0.161. The molecule has 0 spiro atoms. The van der Waals surface area contributed by atoms with Gasteiger partial charge in [-0.2, -0.15) is 0 Å². The van der Waals surface area contributed by atoms with Crippen LogP contribution < -0.4 is 0 Å². The molecule has 0 unspecified atom stereocenters. The van der Waals surface area contributed by atoms with E-state index in [1.54, 1.807) is 72.8 Å². The Kier molecular flexibility index (Phi) is 4.25. The smallest absolute Gasteiger partial charge is 0.244 e. The second-order valence-corrected chi connectivity index (χ2v) is 4.92. The minimum absolute atomic E-state index is 0.161. The average molecular weight is 302 g/mol. The van der Waals surface area contributed by atoms with Crippen LogP contribution in [0.4, 0.5) is 11.4 Å². The predicted molar refractivity (Wildman–Crippen MR) is 88.1 cm³/mol. The number of para-hydroxylation sites is 1. The molecular formula is C19H14N2O2. The summed E-state index contributed by atoms with van der Waals surface area (Å²) < 4.78 is 0. The Morgan fingerprint density at radius 2 is 1.35 bits per heavy atom. The van der Waals surface area contributed by atoms with E-state index in [1.807, 2.05) is 12.1 Å². The molecule has 23 heavy (non-hydrogen) atoms. The number of azo groups is 1. The van der Waals surface area contributed by atoms with Crippen LogP contribution in [0.3, 0.4) is 0 Å². The number of carbonyl (C=O) groups excluding carboxylic acids is 1. The third-order valence-electron chi connectivity index (χ3n) is 3.36. The largest absolute Gasteiger partial charge is 0.594 e. The van der Waals surface area contributed by atoms with Gasteiger partial charge in [0.25, 0.3) is 0 Å². The fourth-order valence-electron chi connectivity index (χ4n) is 2.21. The maximum absolute atomic E-state index is 12.6. The Bertz CT molecular complexity index is 844. The van der Waals surface area contributed by atoms with Gasteiger partial charge in [0.15, 0.2) is 5.78 Å². The molecule has 0 aliphatic heterocycles. The molecule has 0 amide bonds. The fourth-order valence-corrected chi connectivity index (χ4v) is 2.21. The lowest BCUT2D eigenvalue weighted by atomic mass is 10.0. The van der Waals surface area contributed by atoms with Gasteiger partial charge >= 0.3 is 0 Å². The molecule has 0 saturated heterocycles. The maximum atomic E-state index is 12.6.